The molecule has 0 radical (unpaired) electrons. The van der Waals surface area contributed by atoms with Gasteiger partial charge >= 0.3 is 0 Å². The normalized spacial score (nSPS) is 25.6. The molecule has 1 rings (SSSR count). The summed E-state index contributed by atoms with van der Waals surface area (Å²) >= 11 is 0. The number of ether oxygens (including phenoxy) is 2. The van der Waals surface area contributed by atoms with Gasteiger partial charge in [0.05, 0.1) is 16.6 Å². The van der Waals surface area contributed by atoms with Crippen molar-refractivity contribution in [3.63, 3.8) is 0 Å². The second-order valence-corrected chi connectivity index (χ2v) is 7.65. The summed E-state index contributed by atoms with van der Waals surface area (Å²) in [5, 5.41) is 2.48. The molecule has 0 aromatic heterocycles. The van der Waals surface area contributed by atoms with Gasteiger partial charge in [-0.25, -0.2) is 8.42 Å². The van der Waals surface area contributed by atoms with Gasteiger partial charge in [0.15, 0.2) is 9.84 Å². The van der Waals surface area contributed by atoms with Crippen LogP contribution in [0.2, 0.25) is 0 Å². The molecule has 1 N–H and O–H groups in total. The predicted molar refractivity (Wildman–Crippen MR) is 76.2 cm³/mol. The van der Waals surface area contributed by atoms with E-state index < -0.39 is 9.84 Å². The van der Waals surface area contributed by atoms with Crippen molar-refractivity contribution in [1.29, 1.82) is 0 Å². The van der Waals surface area contributed by atoms with Gasteiger partial charge in [-0.1, -0.05) is 0 Å². The van der Waals surface area contributed by atoms with E-state index in [9.17, 15) is 8.42 Å². The van der Waals surface area contributed by atoms with Crippen molar-refractivity contribution in [1.82, 2.24) is 5.32 Å². The molecule has 0 saturated carbocycles. The van der Waals surface area contributed by atoms with Crippen LogP contribution in [0, 0.1) is 0 Å². The molecule has 1 aliphatic heterocycles. The van der Waals surface area contributed by atoms with E-state index in [-0.39, 0.29) is 16.6 Å². The van der Waals surface area contributed by atoms with Crippen LogP contribution < -0.4 is 5.32 Å². The Balaban J connectivity index is 2.29. The van der Waals surface area contributed by atoms with E-state index in [1.165, 1.54) is 0 Å². The first-order valence-electron chi connectivity index (χ1n) is 7.13. The van der Waals surface area contributed by atoms with Gasteiger partial charge in [0.2, 0.25) is 0 Å². The van der Waals surface area contributed by atoms with Crippen molar-refractivity contribution in [3.05, 3.63) is 0 Å². The van der Waals surface area contributed by atoms with Crippen LogP contribution in [0.15, 0.2) is 0 Å². The first-order chi connectivity index (χ1) is 9.00. The van der Waals surface area contributed by atoms with Crippen molar-refractivity contribution in [2.75, 3.05) is 32.9 Å². The van der Waals surface area contributed by atoms with Crippen LogP contribution in [-0.4, -0.2) is 57.9 Å². The van der Waals surface area contributed by atoms with Crippen molar-refractivity contribution in [2.24, 2.45) is 0 Å². The van der Waals surface area contributed by atoms with Crippen molar-refractivity contribution < 1.29 is 17.9 Å². The highest BCUT2D eigenvalue weighted by atomic mass is 32.2. The molecule has 0 aliphatic carbocycles. The minimum Gasteiger partial charge on any atom is -0.382 e. The van der Waals surface area contributed by atoms with Gasteiger partial charge in [-0.3, -0.25) is 0 Å². The van der Waals surface area contributed by atoms with Crippen LogP contribution in [-0.2, 0) is 19.3 Å². The van der Waals surface area contributed by atoms with Crippen LogP contribution in [0.5, 0.6) is 0 Å². The van der Waals surface area contributed by atoms with Gasteiger partial charge in [-0.2, -0.15) is 0 Å². The topological polar surface area (TPSA) is 64.6 Å². The summed E-state index contributed by atoms with van der Waals surface area (Å²) in [5.74, 6) is 0. The lowest BCUT2D eigenvalue weighted by Crippen LogP contribution is -2.40. The van der Waals surface area contributed by atoms with Crippen molar-refractivity contribution >= 4 is 9.84 Å². The standard InChI is InChI=1S/C13H27NO4S/c1-4-17-8-5-7-14-10-11(2)19(15,16)13-6-9-18-12(13)3/h11-14H,4-10H2,1-3H3. The molecule has 6 heteroatoms. The van der Waals surface area contributed by atoms with Gasteiger partial charge in [0.1, 0.15) is 0 Å². The van der Waals surface area contributed by atoms with Gasteiger partial charge in [0, 0.05) is 26.4 Å². The third kappa shape index (κ3) is 5.02. The predicted octanol–water partition coefficient (Wildman–Crippen LogP) is 0.983. The number of nitrogens with one attached hydrogen (secondary N) is 1. The summed E-state index contributed by atoms with van der Waals surface area (Å²) in [6.07, 6.45) is 1.35. The molecule has 0 spiro atoms. The van der Waals surface area contributed by atoms with E-state index in [4.69, 9.17) is 9.47 Å². The van der Waals surface area contributed by atoms with Crippen LogP contribution >= 0.6 is 0 Å². The second-order valence-electron chi connectivity index (χ2n) is 5.06. The zero-order chi connectivity index (χ0) is 14.3. The van der Waals surface area contributed by atoms with E-state index in [0.717, 1.165) is 26.2 Å². The lowest BCUT2D eigenvalue weighted by Gasteiger charge is -2.20. The molecule has 1 saturated heterocycles. The molecule has 19 heavy (non-hydrogen) atoms. The van der Waals surface area contributed by atoms with Crippen LogP contribution in [0.1, 0.15) is 33.6 Å². The van der Waals surface area contributed by atoms with Crippen LogP contribution in [0.3, 0.4) is 0 Å². The third-order valence-electron chi connectivity index (χ3n) is 3.57. The minimum atomic E-state index is -3.10. The molecule has 1 fully saturated rings. The van der Waals surface area contributed by atoms with Crippen molar-refractivity contribution in [3.8, 4) is 0 Å². The monoisotopic (exact) mass is 293 g/mol. The smallest absolute Gasteiger partial charge is 0.159 e. The van der Waals surface area contributed by atoms with Gasteiger partial charge < -0.3 is 14.8 Å². The molecule has 0 amide bonds. The molecule has 3 atom stereocenters. The van der Waals surface area contributed by atoms with Crippen molar-refractivity contribution in [2.45, 2.75) is 50.2 Å². The Kier molecular flexibility index (Phi) is 7.28. The molecule has 0 aromatic rings. The minimum absolute atomic E-state index is 0.176. The number of hydrogen-bond acceptors (Lipinski definition) is 5. The molecule has 0 bridgehead atoms. The quantitative estimate of drug-likeness (QED) is 0.642. The molecular weight excluding hydrogens is 266 g/mol. The lowest BCUT2D eigenvalue weighted by atomic mass is 10.3. The Bertz CT molecular complexity index is 345. The van der Waals surface area contributed by atoms with Crippen LogP contribution in [0.25, 0.3) is 0 Å². The fraction of sp³-hybridized carbons (Fsp3) is 1.00. The van der Waals surface area contributed by atoms with E-state index in [0.29, 0.717) is 19.6 Å². The molecule has 1 heterocycles. The Morgan fingerprint density at radius 1 is 1.47 bits per heavy atom. The fourth-order valence-electron chi connectivity index (χ4n) is 2.31. The lowest BCUT2D eigenvalue weighted by molar-refractivity contribution is 0.126. The highest BCUT2D eigenvalue weighted by Crippen LogP contribution is 2.23. The average molecular weight is 293 g/mol. The first kappa shape index (κ1) is 16.9. The first-order valence-corrected chi connectivity index (χ1v) is 8.73. The number of hydrogen-bond donors (Lipinski definition) is 1. The van der Waals surface area contributed by atoms with Gasteiger partial charge in [-0.05, 0) is 40.2 Å². The van der Waals surface area contributed by atoms with E-state index in [2.05, 4.69) is 5.32 Å². The summed E-state index contributed by atoms with van der Waals surface area (Å²) in [4.78, 5) is 0. The Labute approximate surface area is 117 Å². The van der Waals surface area contributed by atoms with E-state index >= 15 is 0 Å². The fourth-order valence-corrected chi connectivity index (χ4v) is 4.29. The number of sulfone groups is 1. The summed E-state index contributed by atoms with van der Waals surface area (Å²) in [7, 11) is -3.10. The highest BCUT2D eigenvalue weighted by molar-refractivity contribution is 7.92. The summed E-state index contributed by atoms with van der Waals surface area (Å²) < 4.78 is 35.3. The maximum Gasteiger partial charge on any atom is 0.159 e. The summed E-state index contributed by atoms with van der Waals surface area (Å²) in [5.41, 5.74) is 0. The zero-order valence-electron chi connectivity index (χ0n) is 12.2. The summed E-state index contributed by atoms with van der Waals surface area (Å²) in [6.45, 7) is 8.87. The molecule has 114 valence electrons. The SMILES string of the molecule is CCOCCCNCC(C)S(=O)(=O)C1CCOC1C. The zero-order valence-corrected chi connectivity index (χ0v) is 13.0. The van der Waals surface area contributed by atoms with Gasteiger partial charge in [-0.15, -0.1) is 0 Å². The van der Waals surface area contributed by atoms with Crippen LogP contribution in [0.4, 0.5) is 0 Å². The second kappa shape index (κ2) is 8.19. The average Bonchev–Trinajstić information content (AvgIpc) is 2.80. The Hall–Kier alpha value is -0.170. The van der Waals surface area contributed by atoms with E-state index in [1.54, 1.807) is 6.92 Å². The third-order valence-corrected chi connectivity index (χ3v) is 6.32. The molecular formula is C13H27NO4S. The number of rotatable bonds is 9. The Morgan fingerprint density at radius 2 is 2.21 bits per heavy atom. The van der Waals surface area contributed by atoms with E-state index in [1.807, 2.05) is 13.8 Å². The molecule has 1 aliphatic rings. The molecule has 0 aromatic carbocycles. The maximum absolute atomic E-state index is 12.4. The Morgan fingerprint density at radius 3 is 2.79 bits per heavy atom. The molecule has 3 unspecified atom stereocenters. The van der Waals surface area contributed by atoms with Gasteiger partial charge in [0.25, 0.3) is 0 Å². The highest BCUT2D eigenvalue weighted by Gasteiger charge is 2.38. The largest absolute Gasteiger partial charge is 0.382 e. The summed E-state index contributed by atoms with van der Waals surface area (Å²) in [6, 6.07) is 0. The maximum atomic E-state index is 12.4. The molecule has 5 nitrogen and oxygen atoms in total.